The molecule has 1 atom stereocenters. The fourth-order valence-electron chi connectivity index (χ4n) is 2.20. The van der Waals surface area contributed by atoms with E-state index in [1.807, 2.05) is 0 Å². The van der Waals surface area contributed by atoms with Gasteiger partial charge < -0.3 is 10.2 Å². The lowest BCUT2D eigenvalue weighted by Crippen LogP contribution is -2.48. The molecule has 84 valence electrons. The average molecular weight is 198 g/mol. The molecule has 0 amide bonds. The van der Waals surface area contributed by atoms with Crippen molar-refractivity contribution in [2.45, 2.75) is 33.6 Å². The molecular formula is C12H26N2. The zero-order valence-electron chi connectivity index (χ0n) is 10.1. The van der Waals surface area contributed by atoms with Crippen LogP contribution in [0.2, 0.25) is 0 Å². The molecule has 1 rings (SSSR count). The van der Waals surface area contributed by atoms with Gasteiger partial charge in [0.15, 0.2) is 0 Å². The minimum absolute atomic E-state index is 0.870. The van der Waals surface area contributed by atoms with E-state index in [2.05, 4.69) is 31.0 Å². The molecule has 2 nitrogen and oxygen atoms in total. The Labute approximate surface area is 89.1 Å². The number of nitrogens with one attached hydrogen (secondary N) is 1. The molecule has 14 heavy (non-hydrogen) atoms. The second-order valence-electron chi connectivity index (χ2n) is 4.70. The summed E-state index contributed by atoms with van der Waals surface area (Å²) in [7, 11) is 0. The van der Waals surface area contributed by atoms with Crippen molar-refractivity contribution < 1.29 is 0 Å². The highest BCUT2D eigenvalue weighted by atomic mass is 15.1. The molecule has 1 fully saturated rings. The number of rotatable bonds is 7. The van der Waals surface area contributed by atoms with Crippen molar-refractivity contribution in [3.63, 3.8) is 0 Å². The zero-order valence-corrected chi connectivity index (χ0v) is 10.1. The number of nitrogens with zero attached hydrogens (tertiary/aromatic N) is 1. The molecule has 0 aromatic heterocycles. The van der Waals surface area contributed by atoms with E-state index in [0.29, 0.717) is 0 Å². The van der Waals surface area contributed by atoms with E-state index in [1.54, 1.807) is 0 Å². The van der Waals surface area contributed by atoms with Gasteiger partial charge in [-0.3, -0.25) is 0 Å². The molecule has 1 heterocycles. The van der Waals surface area contributed by atoms with Gasteiger partial charge in [0.2, 0.25) is 0 Å². The summed E-state index contributed by atoms with van der Waals surface area (Å²) in [5.41, 5.74) is 0. The molecule has 0 aromatic rings. The minimum atomic E-state index is 0.870. The van der Waals surface area contributed by atoms with Gasteiger partial charge in [-0.05, 0) is 50.9 Å². The maximum atomic E-state index is 3.36. The van der Waals surface area contributed by atoms with Gasteiger partial charge in [0.25, 0.3) is 0 Å². The van der Waals surface area contributed by atoms with Gasteiger partial charge in [-0.1, -0.05) is 20.8 Å². The van der Waals surface area contributed by atoms with Gasteiger partial charge in [-0.25, -0.2) is 0 Å². The number of hydrogen-bond acceptors (Lipinski definition) is 2. The molecule has 0 spiro atoms. The van der Waals surface area contributed by atoms with E-state index < -0.39 is 0 Å². The molecule has 0 saturated carbocycles. The summed E-state index contributed by atoms with van der Waals surface area (Å²) in [5, 5.41) is 3.36. The topological polar surface area (TPSA) is 15.3 Å². The van der Waals surface area contributed by atoms with E-state index in [4.69, 9.17) is 0 Å². The maximum absolute atomic E-state index is 3.36. The first-order valence-electron chi connectivity index (χ1n) is 6.21. The summed E-state index contributed by atoms with van der Waals surface area (Å²) < 4.78 is 0. The molecule has 0 aliphatic carbocycles. The Morgan fingerprint density at radius 2 is 1.79 bits per heavy atom. The van der Waals surface area contributed by atoms with Gasteiger partial charge in [-0.15, -0.1) is 0 Å². The van der Waals surface area contributed by atoms with E-state index in [9.17, 15) is 0 Å². The van der Waals surface area contributed by atoms with Crippen LogP contribution in [0.25, 0.3) is 0 Å². The first-order valence-corrected chi connectivity index (χ1v) is 6.21. The van der Waals surface area contributed by atoms with E-state index in [-0.39, 0.29) is 0 Å². The highest BCUT2D eigenvalue weighted by Crippen LogP contribution is 2.17. The standard InChI is InChI=1S/C12H26N2/c1-4-6-14(7-5-2)10-11(3)12-8-13-9-12/h11-13H,4-10H2,1-3H3. The second kappa shape index (κ2) is 6.41. The summed E-state index contributed by atoms with van der Waals surface area (Å²) in [6.07, 6.45) is 2.57. The highest BCUT2D eigenvalue weighted by Gasteiger charge is 2.24. The Bertz CT molecular complexity index is 137. The largest absolute Gasteiger partial charge is 0.316 e. The van der Waals surface area contributed by atoms with Crippen LogP contribution in [0.4, 0.5) is 0 Å². The monoisotopic (exact) mass is 198 g/mol. The van der Waals surface area contributed by atoms with Crippen molar-refractivity contribution >= 4 is 0 Å². The quantitative estimate of drug-likeness (QED) is 0.673. The highest BCUT2D eigenvalue weighted by molar-refractivity contribution is 4.81. The van der Waals surface area contributed by atoms with Crippen LogP contribution in [0.3, 0.4) is 0 Å². The normalized spacial score (nSPS) is 19.7. The average Bonchev–Trinajstić information content (AvgIpc) is 2.01. The van der Waals surface area contributed by atoms with Gasteiger partial charge in [-0.2, -0.15) is 0 Å². The lowest BCUT2D eigenvalue weighted by Gasteiger charge is -2.35. The first kappa shape index (κ1) is 12.0. The zero-order chi connectivity index (χ0) is 10.4. The van der Waals surface area contributed by atoms with Gasteiger partial charge in [0, 0.05) is 6.54 Å². The molecule has 1 unspecified atom stereocenters. The van der Waals surface area contributed by atoms with Crippen LogP contribution < -0.4 is 5.32 Å². The summed E-state index contributed by atoms with van der Waals surface area (Å²) in [5.74, 6) is 1.81. The summed E-state index contributed by atoms with van der Waals surface area (Å²) in [6, 6.07) is 0. The molecule has 0 bridgehead atoms. The molecular weight excluding hydrogens is 172 g/mol. The summed E-state index contributed by atoms with van der Waals surface area (Å²) >= 11 is 0. The van der Waals surface area contributed by atoms with E-state index >= 15 is 0 Å². The van der Waals surface area contributed by atoms with Crippen LogP contribution in [0.15, 0.2) is 0 Å². The predicted molar refractivity (Wildman–Crippen MR) is 62.5 cm³/mol. The van der Waals surface area contributed by atoms with Crippen LogP contribution in [0.1, 0.15) is 33.6 Å². The summed E-state index contributed by atoms with van der Waals surface area (Å²) in [6.45, 7) is 13.3. The Kier molecular flexibility index (Phi) is 5.49. The Morgan fingerprint density at radius 3 is 2.14 bits per heavy atom. The van der Waals surface area contributed by atoms with E-state index in [1.165, 1.54) is 45.6 Å². The summed E-state index contributed by atoms with van der Waals surface area (Å²) in [4.78, 5) is 2.63. The van der Waals surface area contributed by atoms with Gasteiger partial charge in [0.1, 0.15) is 0 Å². The molecule has 1 saturated heterocycles. The SMILES string of the molecule is CCCN(CCC)CC(C)C1CNC1. The van der Waals surface area contributed by atoms with Crippen LogP contribution in [0.5, 0.6) is 0 Å². The third-order valence-electron chi connectivity index (χ3n) is 3.24. The Morgan fingerprint density at radius 1 is 1.21 bits per heavy atom. The third-order valence-corrected chi connectivity index (χ3v) is 3.24. The van der Waals surface area contributed by atoms with Crippen LogP contribution in [-0.4, -0.2) is 37.6 Å². The molecule has 1 aliphatic rings. The van der Waals surface area contributed by atoms with Crippen molar-refractivity contribution in [1.82, 2.24) is 10.2 Å². The predicted octanol–water partition coefficient (Wildman–Crippen LogP) is 1.96. The van der Waals surface area contributed by atoms with Crippen LogP contribution in [0, 0.1) is 11.8 Å². The van der Waals surface area contributed by atoms with Crippen molar-refractivity contribution in [3.05, 3.63) is 0 Å². The van der Waals surface area contributed by atoms with E-state index in [0.717, 1.165) is 11.8 Å². The van der Waals surface area contributed by atoms with Crippen LogP contribution in [-0.2, 0) is 0 Å². The fraction of sp³-hybridized carbons (Fsp3) is 1.00. The Hall–Kier alpha value is -0.0800. The second-order valence-corrected chi connectivity index (χ2v) is 4.70. The van der Waals surface area contributed by atoms with Crippen molar-refractivity contribution in [1.29, 1.82) is 0 Å². The lowest BCUT2D eigenvalue weighted by molar-refractivity contribution is 0.166. The third kappa shape index (κ3) is 3.58. The molecule has 0 aromatic carbocycles. The minimum Gasteiger partial charge on any atom is -0.316 e. The first-order chi connectivity index (χ1) is 6.77. The fourth-order valence-corrected chi connectivity index (χ4v) is 2.20. The van der Waals surface area contributed by atoms with Crippen LogP contribution >= 0.6 is 0 Å². The molecule has 1 aliphatic heterocycles. The van der Waals surface area contributed by atoms with Crippen molar-refractivity contribution in [3.8, 4) is 0 Å². The Balaban J connectivity index is 2.21. The van der Waals surface area contributed by atoms with Gasteiger partial charge in [0.05, 0.1) is 0 Å². The molecule has 0 radical (unpaired) electrons. The van der Waals surface area contributed by atoms with Crippen molar-refractivity contribution in [2.75, 3.05) is 32.7 Å². The maximum Gasteiger partial charge on any atom is 0.00106 e. The van der Waals surface area contributed by atoms with Gasteiger partial charge >= 0.3 is 0 Å². The lowest BCUT2D eigenvalue weighted by atomic mass is 9.88. The molecule has 2 heteroatoms. The smallest absolute Gasteiger partial charge is 0.00106 e. The van der Waals surface area contributed by atoms with Crippen molar-refractivity contribution in [2.24, 2.45) is 11.8 Å². The molecule has 1 N–H and O–H groups in total. The number of hydrogen-bond donors (Lipinski definition) is 1.